The number of aromatic nitrogens is 2. The third-order valence-corrected chi connectivity index (χ3v) is 2.46. The fourth-order valence-electron chi connectivity index (χ4n) is 1.22. The van der Waals surface area contributed by atoms with E-state index in [2.05, 4.69) is 26.3 Å². The van der Waals surface area contributed by atoms with Gasteiger partial charge in [0, 0.05) is 29.3 Å². The van der Waals surface area contributed by atoms with E-state index in [1.807, 2.05) is 25.1 Å². The first-order valence-corrected chi connectivity index (χ1v) is 5.46. The molecule has 0 aliphatic carbocycles. The fraction of sp³-hybridized carbons (Fsp3) is 0.0909. The summed E-state index contributed by atoms with van der Waals surface area (Å²) < 4.78 is 15.6. The predicted molar refractivity (Wildman–Crippen MR) is 61.7 cm³/mol. The highest BCUT2D eigenvalue weighted by atomic mass is 79.9. The highest BCUT2D eigenvalue weighted by molar-refractivity contribution is 9.10. The predicted octanol–water partition coefficient (Wildman–Crippen LogP) is 3.05. The summed E-state index contributed by atoms with van der Waals surface area (Å²) in [5.41, 5.74) is 5.00. The molecule has 0 N–H and O–H groups in total. The first-order chi connectivity index (χ1) is 7.66. The molecule has 2 aromatic heterocycles. The molecule has 3 nitrogen and oxygen atoms in total. The summed E-state index contributed by atoms with van der Waals surface area (Å²) >= 11 is 3.15. The monoisotopic (exact) mass is 281 g/mol. The Kier molecular flexibility index (Phi) is 3.14. The van der Waals surface area contributed by atoms with Crippen LogP contribution in [0.1, 0.15) is 5.69 Å². The zero-order valence-corrected chi connectivity index (χ0v) is 10.1. The Morgan fingerprint density at radius 1 is 1.44 bits per heavy atom. The molecule has 0 amide bonds. The molecule has 0 aromatic carbocycles. The SMILES string of the molecule is Cc1cccc[n+]1[N-]c1ncc(Br)cc1F. The third kappa shape index (κ3) is 2.36. The van der Waals surface area contributed by atoms with Crippen LogP contribution in [0.2, 0.25) is 0 Å². The van der Waals surface area contributed by atoms with Crippen LogP contribution in [0.15, 0.2) is 41.1 Å². The highest BCUT2D eigenvalue weighted by Gasteiger charge is 2.03. The van der Waals surface area contributed by atoms with Gasteiger partial charge in [0.15, 0.2) is 11.9 Å². The summed E-state index contributed by atoms with van der Waals surface area (Å²) in [4.78, 5) is 3.90. The van der Waals surface area contributed by atoms with Crippen LogP contribution >= 0.6 is 15.9 Å². The van der Waals surface area contributed by atoms with E-state index in [4.69, 9.17) is 0 Å². The molecule has 2 rings (SSSR count). The molecule has 5 heteroatoms. The number of pyridine rings is 2. The second-order valence-corrected chi connectivity index (χ2v) is 4.16. The van der Waals surface area contributed by atoms with Crippen LogP contribution in [0, 0.1) is 12.7 Å². The molecular formula is C11H9BrFN3. The zero-order valence-electron chi connectivity index (χ0n) is 8.56. The van der Waals surface area contributed by atoms with Crippen molar-refractivity contribution in [1.29, 1.82) is 0 Å². The maximum absolute atomic E-state index is 13.5. The van der Waals surface area contributed by atoms with E-state index >= 15 is 0 Å². The first-order valence-electron chi connectivity index (χ1n) is 4.67. The number of aryl methyl sites for hydroxylation is 1. The molecule has 2 aromatic rings. The number of nitrogens with zero attached hydrogens (tertiary/aromatic N) is 3. The Morgan fingerprint density at radius 2 is 2.25 bits per heavy atom. The van der Waals surface area contributed by atoms with Gasteiger partial charge in [0.1, 0.15) is 5.82 Å². The topological polar surface area (TPSA) is 30.9 Å². The van der Waals surface area contributed by atoms with Gasteiger partial charge < -0.3 is 4.98 Å². The van der Waals surface area contributed by atoms with Gasteiger partial charge in [-0.25, -0.2) is 4.39 Å². The van der Waals surface area contributed by atoms with Gasteiger partial charge >= 0.3 is 0 Å². The molecule has 0 radical (unpaired) electrons. The Morgan fingerprint density at radius 3 is 2.94 bits per heavy atom. The van der Waals surface area contributed by atoms with E-state index in [0.29, 0.717) is 4.47 Å². The molecular weight excluding hydrogens is 273 g/mol. The van der Waals surface area contributed by atoms with Gasteiger partial charge in [-0.05, 0) is 6.07 Å². The molecule has 2 heterocycles. The molecule has 16 heavy (non-hydrogen) atoms. The minimum atomic E-state index is -0.454. The number of hydrogen-bond donors (Lipinski definition) is 0. The molecule has 0 bridgehead atoms. The summed E-state index contributed by atoms with van der Waals surface area (Å²) in [5.74, 6) is -0.382. The van der Waals surface area contributed by atoms with Gasteiger partial charge in [-0.15, -0.1) is 4.68 Å². The third-order valence-electron chi connectivity index (χ3n) is 2.03. The second-order valence-electron chi connectivity index (χ2n) is 3.25. The fourth-order valence-corrected chi connectivity index (χ4v) is 1.52. The highest BCUT2D eigenvalue weighted by Crippen LogP contribution is 2.20. The van der Waals surface area contributed by atoms with Crippen LogP contribution in [-0.2, 0) is 0 Å². The zero-order chi connectivity index (χ0) is 11.5. The molecule has 82 valence electrons. The molecule has 0 aliphatic heterocycles. The van der Waals surface area contributed by atoms with E-state index < -0.39 is 5.82 Å². The normalized spacial score (nSPS) is 10.2. The van der Waals surface area contributed by atoms with Crippen LogP contribution in [-0.4, -0.2) is 4.98 Å². The lowest BCUT2D eigenvalue weighted by atomic mass is 10.4. The molecule has 0 atom stereocenters. The van der Waals surface area contributed by atoms with Gasteiger partial charge in [-0.3, -0.25) is 0 Å². The van der Waals surface area contributed by atoms with Gasteiger partial charge in [0.05, 0.1) is 0 Å². The summed E-state index contributed by atoms with van der Waals surface area (Å²) in [6.07, 6.45) is 3.26. The lowest BCUT2D eigenvalue weighted by Gasteiger charge is -2.10. The van der Waals surface area contributed by atoms with E-state index in [-0.39, 0.29) is 5.82 Å². The standard InChI is InChI=1S/C11H9BrFN3/c1-8-4-2-3-5-16(8)15-11-10(13)6-9(12)7-14-11/h2-7H,1H3. The van der Waals surface area contributed by atoms with Crippen molar-refractivity contribution in [3.05, 3.63) is 58.1 Å². The Labute approximate surface area is 101 Å². The van der Waals surface area contributed by atoms with Crippen molar-refractivity contribution in [2.75, 3.05) is 0 Å². The van der Waals surface area contributed by atoms with E-state index in [0.717, 1.165) is 5.69 Å². The summed E-state index contributed by atoms with van der Waals surface area (Å²) in [6.45, 7) is 1.89. The van der Waals surface area contributed by atoms with Gasteiger partial charge in [-0.2, -0.15) is 5.43 Å². The average molecular weight is 282 g/mol. The summed E-state index contributed by atoms with van der Waals surface area (Å²) in [5, 5.41) is 0. The van der Waals surface area contributed by atoms with Gasteiger partial charge in [0.25, 0.3) is 0 Å². The average Bonchev–Trinajstić information content (AvgIpc) is 2.25. The van der Waals surface area contributed by atoms with Gasteiger partial charge in [0.2, 0.25) is 0 Å². The molecule has 0 aliphatic rings. The van der Waals surface area contributed by atoms with E-state index in [1.165, 1.54) is 12.3 Å². The van der Waals surface area contributed by atoms with Crippen molar-refractivity contribution in [2.45, 2.75) is 6.92 Å². The van der Waals surface area contributed by atoms with E-state index in [1.54, 1.807) is 10.9 Å². The van der Waals surface area contributed by atoms with Crippen LogP contribution < -0.4 is 4.68 Å². The summed E-state index contributed by atoms with van der Waals surface area (Å²) in [7, 11) is 0. The summed E-state index contributed by atoms with van der Waals surface area (Å²) in [6, 6.07) is 6.95. The quantitative estimate of drug-likeness (QED) is 0.779. The smallest absolute Gasteiger partial charge is 0.191 e. The van der Waals surface area contributed by atoms with Crippen LogP contribution in [0.5, 0.6) is 0 Å². The van der Waals surface area contributed by atoms with Crippen molar-refractivity contribution in [3.63, 3.8) is 0 Å². The van der Waals surface area contributed by atoms with Crippen molar-refractivity contribution >= 4 is 21.7 Å². The minimum absolute atomic E-state index is 0.0718. The Hall–Kier alpha value is -1.49. The second kappa shape index (κ2) is 4.57. The number of halogens is 2. The largest absolute Gasteiger partial charge is 0.435 e. The van der Waals surface area contributed by atoms with Crippen LogP contribution in [0.4, 0.5) is 10.2 Å². The maximum atomic E-state index is 13.5. The molecule has 0 saturated heterocycles. The van der Waals surface area contributed by atoms with Crippen molar-refractivity contribution in [2.24, 2.45) is 0 Å². The molecule has 0 unspecified atom stereocenters. The number of hydrogen-bond acceptors (Lipinski definition) is 1. The Balaban J connectivity index is 2.31. The van der Waals surface area contributed by atoms with Crippen LogP contribution in [0.25, 0.3) is 5.43 Å². The first kappa shape index (κ1) is 11.0. The molecule has 0 fully saturated rings. The minimum Gasteiger partial charge on any atom is -0.435 e. The van der Waals surface area contributed by atoms with Crippen molar-refractivity contribution in [1.82, 2.24) is 4.98 Å². The van der Waals surface area contributed by atoms with Crippen molar-refractivity contribution in [3.8, 4) is 0 Å². The van der Waals surface area contributed by atoms with Crippen molar-refractivity contribution < 1.29 is 9.07 Å². The Bertz CT molecular complexity index is 516. The maximum Gasteiger partial charge on any atom is 0.191 e. The van der Waals surface area contributed by atoms with E-state index in [9.17, 15) is 4.39 Å². The lowest BCUT2D eigenvalue weighted by Crippen LogP contribution is -2.31. The van der Waals surface area contributed by atoms with Gasteiger partial charge in [-0.1, -0.05) is 28.2 Å². The molecule has 0 saturated carbocycles. The number of rotatable bonds is 2. The van der Waals surface area contributed by atoms with Crippen LogP contribution in [0.3, 0.4) is 0 Å². The lowest BCUT2D eigenvalue weighted by molar-refractivity contribution is -0.626. The molecule has 0 spiro atoms.